The second kappa shape index (κ2) is 8.15. The van der Waals surface area contributed by atoms with E-state index in [0.717, 1.165) is 35.3 Å². The number of fused-ring (bicyclic) bond motifs is 2. The van der Waals surface area contributed by atoms with E-state index in [-0.39, 0.29) is 11.5 Å². The maximum Gasteiger partial charge on any atom is 0.276 e. The third-order valence-corrected chi connectivity index (χ3v) is 6.26. The molecule has 168 valence electrons. The first-order valence-corrected chi connectivity index (χ1v) is 11.2. The Morgan fingerprint density at radius 1 is 0.853 bits per heavy atom. The number of hydrogen-bond donors (Lipinski definition) is 2. The van der Waals surface area contributed by atoms with Crippen LogP contribution in [0.15, 0.2) is 77.7 Å². The van der Waals surface area contributed by atoms with Gasteiger partial charge in [0.05, 0.1) is 16.7 Å². The highest BCUT2D eigenvalue weighted by molar-refractivity contribution is 5.99. The zero-order chi connectivity index (χ0) is 23.1. The fourth-order valence-electron chi connectivity index (χ4n) is 4.47. The molecule has 1 fully saturated rings. The molecule has 34 heavy (non-hydrogen) atoms. The Hall–Kier alpha value is -4.46. The number of aromatic amines is 2. The lowest BCUT2D eigenvalue weighted by atomic mass is 10.1. The molecular formula is C26H22N6O2. The summed E-state index contributed by atoms with van der Waals surface area (Å²) in [5.74, 6) is 0.945. The first-order valence-electron chi connectivity index (χ1n) is 11.2. The number of nitrogens with zero attached hydrogens (tertiary/aromatic N) is 4. The van der Waals surface area contributed by atoms with Crippen LogP contribution >= 0.6 is 0 Å². The van der Waals surface area contributed by atoms with Crippen molar-refractivity contribution in [2.75, 3.05) is 31.1 Å². The quantitative estimate of drug-likeness (QED) is 0.439. The molecule has 0 saturated carbocycles. The molecule has 0 radical (unpaired) electrons. The van der Waals surface area contributed by atoms with Gasteiger partial charge in [-0.15, -0.1) is 0 Å². The highest BCUT2D eigenvalue weighted by Crippen LogP contribution is 2.24. The molecule has 0 unspecified atom stereocenters. The van der Waals surface area contributed by atoms with E-state index in [1.54, 1.807) is 6.20 Å². The second-order valence-corrected chi connectivity index (χ2v) is 8.38. The molecular weight excluding hydrogens is 428 g/mol. The summed E-state index contributed by atoms with van der Waals surface area (Å²) < 4.78 is 0. The van der Waals surface area contributed by atoms with Gasteiger partial charge < -0.3 is 19.8 Å². The zero-order valence-corrected chi connectivity index (χ0v) is 18.4. The van der Waals surface area contributed by atoms with E-state index in [9.17, 15) is 9.59 Å². The lowest BCUT2D eigenvalue weighted by Crippen LogP contribution is -2.49. The van der Waals surface area contributed by atoms with Crippen LogP contribution in [-0.4, -0.2) is 56.9 Å². The number of hydrogen-bond acceptors (Lipinski definition) is 5. The second-order valence-electron chi connectivity index (χ2n) is 8.38. The SMILES string of the molecule is O=C(c1ccc2[nH]c(-c3nc4ccccc4[nH]c3=O)cc2c1)N1CCN(c2ccccn2)CC1. The van der Waals surface area contributed by atoms with E-state index >= 15 is 0 Å². The lowest BCUT2D eigenvalue weighted by Gasteiger charge is -2.35. The van der Waals surface area contributed by atoms with Gasteiger partial charge in [0.1, 0.15) is 5.82 Å². The maximum atomic E-state index is 13.2. The van der Waals surface area contributed by atoms with E-state index in [2.05, 4.69) is 24.8 Å². The first kappa shape index (κ1) is 20.2. The average molecular weight is 451 g/mol. The Morgan fingerprint density at radius 2 is 1.68 bits per heavy atom. The van der Waals surface area contributed by atoms with Crippen LogP contribution in [0.3, 0.4) is 0 Å². The lowest BCUT2D eigenvalue weighted by molar-refractivity contribution is 0.0746. The molecule has 5 aromatic rings. The van der Waals surface area contributed by atoms with Crippen LogP contribution in [0.4, 0.5) is 5.82 Å². The van der Waals surface area contributed by atoms with Crippen LogP contribution in [-0.2, 0) is 0 Å². The Balaban J connectivity index is 1.24. The van der Waals surface area contributed by atoms with Crippen molar-refractivity contribution in [1.29, 1.82) is 0 Å². The Morgan fingerprint density at radius 3 is 2.50 bits per heavy atom. The van der Waals surface area contributed by atoms with Crippen molar-refractivity contribution >= 4 is 33.7 Å². The van der Waals surface area contributed by atoms with Gasteiger partial charge in [-0.2, -0.15) is 0 Å². The molecule has 6 rings (SSSR count). The van der Waals surface area contributed by atoms with E-state index in [0.29, 0.717) is 35.6 Å². The summed E-state index contributed by atoms with van der Waals surface area (Å²) in [5, 5.41) is 0.863. The third kappa shape index (κ3) is 3.59. The minimum Gasteiger partial charge on any atom is -0.353 e. The van der Waals surface area contributed by atoms with Gasteiger partial charge in [0.25, 0.3) is 11.5 Å². The molecule has 1 amide bonds. The first-order chi connectivity index (χ1) is 16.7. The monoisotopic (exact) mass is 450 g/mol. The molecule has 0 bridgehead atoms. The van der Waals surface area contributed by atoms with Gasteiger partial charge in [0.15, 0.2) is 5.69 Å². The number of H-pyrrole nitrogens is 2. The molecule has 1 saturated heterocycles. The van der Waals surface area contributed by atoms with Crippen molar-refractivity contribution in [3.8, 4) is 11.4 Å². The van der Waals surface area contributed by atoms with Gasteiger partial charge in [0, 0.05) is 48.8 Å². The number of carbonyl (C=O) groups is 1. The van der Waals surface area contributed by atoms with Crippen molar-refractivity contribution < 1.29 is 4.79 Å². The number of carbonyl (C=O) groups excluding carboxylic acids is 1. The summed E-state index contributed by atoms with van der Waals surface area (Å²) in [6.45, 7) is 2.77. The Bertz CT molecular complexity index is 1570. The molecule has 3 aromatic heterocycles. The van der Waals surface area contributed by atoms with E-state index in [1.807, 2.05) is 71.6 Å². The smallest absolute Gasteiger partial charge is 0.276 e. The van der Waals surface area contributed by atoms with E-state index in [1.165, 1.54) is 0 Å². The predicted octanol–water partition coefficient (Wildman–Crippen LogP) is 3.43. The molecule has 8 nitrogen and oxygen atoms in total. The molecule has 2 N–H and O–H groups in total. The Labute approximate surface area is 194 Å². The van der Waals surface area contributed by atoms with Gasteiger partial charge in [-0.1, -0.05) is 18.2 Å². The largest absolute Gasteiger partial charge is 0.353 e. The van der Waals surface area contributed by atoms with Crippen molar-refractivity contribution in [2.24, 2.45) is 0 Å². The van der Waals surface area contributed by atoms with Crippen LogP contribution in [0.5, 0.6) is 0 Å². The summed E-state index contributed by atoms with van der Waals surface area (Å²) in [4.78, 5) is 45.0. The minimum atomic E-state index is -0.257. The van der Waals surface area contributed by atoms with Crippen LogP contribution in [0.1, 0.15) is 10.4 Å². The molecule has 1 aliphatic rings. The van der Waals surface area contributed by atoms with Crippen molar-refractivity contribution in [3.05, 3.63) is 88.8 Å². The van der Waals surface area contributed by atoms with Gasteiger partial charge >= 0.3 is 0 Å². The summed E-state index contributed by atoms with van der Waals surface area (Å²) in [6, 6.07) is 20.8. The summed E-state index contributed by atoms with van der Waals surface area (Å²) in [6.07, 6.45) is 1.79. The van der Waals surface area contributed by atoms with Gasteiger partial charge in [-0.05, 0) is 48.5 Å². The van der Waals surface area contributed by atoms with Crippen LogP contribution in [0, 0.1) is 0 Å². The average Bonchev–Trinajstić information content (AvgIpc) is 3.31. The van der Waals surface area contributed by atoms with Crippen molar-refractivity contribution in [2.45, 2.75) is 0 Å². The summed E-state index contributed by atoms with van der Waals surface area (Å²) in [5.41, 5.74) is 3.58. The van der Waals surface area contributed by atoms with Gasteiger partial charge in [0.2, 0.25) is 0 Å². The zero-order valence-electron chi connectivity index (χ0n) is 18.4. The van der Waals surface area contributed by atoms with Crippen molar-refractivity contribution in [3.63, 3.8) is 0 Å². The summed E-state index contributed by atoms with van der Waals surface area (Å²) >= 11 is 0. The highest BCUT2D eigenvalue weighted by Gasteiger charge is 2.23. The number of nitrogens with one attached hydrogen (secondary N) is 2. The molecule has 0 aliphatic carbocycles. The van der Waals surface area contributed by atoms with E-state index in [4.69, 9.17) is 0 Å². The number of anilines is 1. The molecule has 8 heteroatoms. The molecule has 1 aliphatic heterocycles. The number of pyridine rings is 1. The molecule has 2 aromatic carbocycles. The standard InChI is InChI=1S/C26H22N6O2/c33-25-24(29-20-5-1-2-6-21(20)30-25)22-16-18-15-17(8-9-19(18)28-22)26(34)32-13-11-31(12-14-32)23-7-3-4-10-27-23/h1-10,15-16,28H,11-14H2,(H,30,33). The maximum absolute atomic E-state index is 13.2. The van der Waals surface area contributed by atoms with Crippen molar-refractivity contribution in [1.82, 2.24) is 24.8 Å². The minimum absolute atomic E-state index is 0.00648. The van der Waals surface area contributed by atoms with Crippen LogP contribution < -0.4 is 10.5 Å². The number of benzene rings is 2. The summed E-state index contributed by atoms with van der Waals surface area (Å²) in [7, 11) is 0. The molecule has 0 spiro atoms. The van der Waals surface area contributed by atoms with Gasteiger partial charge in [-0.25, -0.2) is 9.97 Å². The molecule has 0 atom stereocenters. The Kier molecular flexibility index (Phi) is 4.83. The number of piperazine rings is 1. The number of aromatic nitrogens is 4. The fraction of sp³-hybridized carbons (Fsp3) is 0.154. The number of amides is 1. The normalized spacial score (nSPS) is 14.1. The topological polar surface area (TPSA) is 98.0 Å². The van der Waals surface area contributed by atoms with Crippen LogP contribution in [0.25, 0.3) is 33.3 Å². The molecule has 4 heterocycles. The van der Waals surface area contributed by atoms with E-state index < -0.39 is 0 Å². The third-order valence-electron chi connectivity index (χ3n) is 6.26. The number of rotatable bonds is 3. The van der Waals surface area contributed by atoms with Crippen LogP contribution in [0.2, 0.25) is 0 Å². The van der Waals surface area contributed by atoms with Gasteiger partial charge in [-0.3, -0.25) is 9.59 Å². The fourth-order valence-corrected chi connectivity index (χ4v) is 4.47. The highest BCUT2D eigenvalue weighted by atomic mass is 16.2. The number of para-hydroxylation sites is 2. The predicted molar refractivity (Wildman–Crippen MR) is 132 cm³/mol.